The molecule has 122 valence electrons. The van der Waals surface area contributed by atoms with Gasteiger partial charge in [-0.15, -0.1) is 0 Å². The lowest BCUT2D eigenvalue weighted by Crippen LogP contribution is -2.45. The minimum absolute atomic E-state index is 0.620. The van der Waals surface area contributed by atoms with Gasteiger partial charge in [-0.25, -0.2) is 0 Å². The first-order chi connectivity index (χ1) is 10.8. The quantitative estimate of drug-likeness (QED) is 0.457. The van der Waals surface area contributed by atoms with Gasteiger partial charge in [0, 0.05) is 19.6 Å². The molecule has 0 aromatic heterocycles. The number of ether oxygens (including phenoxy) is 1. The van der Waals surface area contributed by atoms with Gasteiger partial charge in [-0.05, 0) is 38.1 Å². The maximum absolute atomic E-state index is 5.66. The van der Waals surface area contributed by atoms with E-state index in [-0.39, 0.29) is 0 Å². The van der Waals surface area contributed by atoms with Crippen molar-refractivity contribution in [2.24, 2.45) is 4.99 Å². The third kappa shape index (κ3) is 5.22. The molecular weight excluding hydrogens is 276 g/mol. The number of hydrogen-bond acceptors (Lipinski definition) is 3. The lowest BCUT2D eigenvalue weighted by Gasteiger charge is -2.24. The van der Waals surface area contributed by atoms with Gasteiger partial charge in [0.2, 0.25) is 0 Å². The van der Waals surface area contributed by atoms with Crippen LogP contribution in [0.3, 0.4) is 0 Å². The number of guanidine groups is 1. The van der Waals surface area contributed by atoms with Crippen LogP contribution in [0, 0.1) is 0 Å². The lowest BCUT2D eigenvalue weighted by molar-refractivity contribution is 0.266. The molecule has 0 amide bonds. The van der Waals surface area contributed by atoms with E-state index in [4.69, 9.17) is 4.74 Å². The maximum atomic E-state index is 5.66. The van der Waals surface area contributed by atoms with Crippen LogP contribution in [0.25, 0.3) is 0 Å². The monoisotopic (exact) mass is 304 g/mol. The standard InChI is InChI=1S/C17H28N4O/c1-3-21-12-7-8-15(21)14-20-17(18-2)19-11-13-22-16-9-5-4-6-10-16/h4-6,9-10,15H,3,7-8,11-14H2,1-2H3,(H2,18,19,20). The van der Waals surface area contributed by atoms with E-state index in [1.54, 1.807) is 7.05 Å². The van der Waals surface area contributed by atoms with Crippen molar-refractivity contribution in [2.45, 2.75) is 25.8 Å². The van der Waals surface area contributed by atoms with Crippen LogP contribution in [0.4, 0.5) is 0 Å². The summed E-state index contributed by atoms with van der Waals surface area (Å²) in [4.78, 5) is 6.79. The Labute approximate surface area is 133 Å². The zero-order valence-electron chi connectivity index (χ0n) is 13.7. The molecule has 1 saturated heterocycles. The zero-order chi connectivity index (χ0) is 15.6. The topological polar surface area (TPSA) is 48.9 Å². The molecule has 2 rings (SSSR count). The molecule has 1 aromatic rings. The Morgan fingerprint density at radius 1 is 1.32 bits per heavy atom. The summed E-state index contributed by atoms with van der Waals surface area (Å²) in [5.41, 5.74) is 0. The number of rotatable bonds is 7. The summed E-state index contributed by atoms with van der Waals surface area (Å²) in [6.07, 6.45) is 2.58. The molecule has 1 aliphatic rings. The summed E-state index contributed by atoms with van der Waals surface area (Å²) in [6, 6.07) is 10.5. The first-order valence-electron chi connectivity index (χ1n) is 8.20. The average molecular weight is 304 g/mol. The number of nitrogens with one attached hydrogen (secondary N) is 2. The Balaban J connectivity index is 1.63. The smallest absolute Gasteiger partial charge is 0.191 e. The van der Waals surface area contributed by atoms with Crippen LogP contribution >= 0.6 is 0 Å². The Kier molecular flexibility index (Phi) is 7.03. The summed E-state index contributed by atoms with van der Waals surface area (Å²) in [6.45, 7) is 6.88. The van der Waals surface area contributed by atoms with Gasteiger partial charge in [0.1, 0.15) is 12.4 Å². The van der Waals surface area contributed by atoms with Crippen molar-refractivity contribution in [1.29, 1.82) is 0 Å². The first-order valence-corrected chi connectivity index (χ1v) is 8.20. The van der Waals surface area contributed by atoms with Crippen molar-refractivity contribution in [3.05, 3.63) is 30.3 Å². The number of aliphatic imine (C=N–C) groups is 1. The molecule has 5 nitrogen and oxygen atoms in total. The molecule has 0 radical (unpaired) electrons. The van der Waals surface area contributed by atoms with Crippen molar-refractivity contribution >= 4 is 5.96 Å². The van der Waals surface area contributed by atoms with Crippen molar-refractivity contribution < 1.29 is 4.74 Å². The summed E-state index contributed by atoms with van der Waals surface area (Å²) in [5.74, 6) is 1.75. The average Bonchev–Trinajstić information content (AvgIpc) is 3.02. The summed E-state index contributed by atoms with van der Waals surface area (Å²) in [7, 11) is 1.81. The number of likely N-dealkylation sites (N-methyl/N-ethyl adjacent to an activating group) is 1. The van der Waals surface area contributed by atoms with Crippen molar-refractivity contribution in [2.75, 3.05) is 39.8 Å². The predicted octanol–water partition coefficient (Wildman–Crippen LogP) is 1.71. The molecule has 1 aliphatic heterocycles. The molecule has 1 atom stereocenters. The lowest BCUT2D eigenvalue weighted by atomic mass is 10.2. The molecule has 22 heavy (non-hydrogen) atoms. The Morgan fingerprint density at radius 2 is 2.14 bits per heavy atom. The second-order valence-corrected chi connectivity index (χ2v) is 5.47. The van der Waals surface area contributed by atoms with Crippen LogP contribution in [0.2, 0.25) is 0 Å². The number of para-hydroxylation sites is 1. The molecule has 2 N–H and O–H groups in total. The number of likely N-dealkylation sites (tertiary alicyclic amines) is 1. The van der Waals surface area contributed by atoms with E-state index in [1.807, 2.05) is 30.3 Å². The van der Waals surface area contributed by atoms with Crippen LogP contribution in [-0.4, -0.2) is 56.7 Å². The van der Waals surface area contributed by atoms with Gasteiger partial charge in [-0.3, -0.25) is 9.89 Å². The Bertz CT molecular complexity index is 449. The highest BCUT2D eigenvalue weighted by Crippen LogP contribution is 2.15. The highest BCUT2D eigenvalue weighted by molar-refractivity contribution is 5.79. The third-order valence-electron chi connectivity index (χ3n) is 4.04. The highest BCUT2D eigenvalue weighted by atomic mass is 16.5. The maximum Gasteiger partial charge on any atom is 0.191 e. The van der Waals surface area contributed by atoms with Gasteiger partial charge in [0.25, 0.3) is 0 Å². The number of benzene rings is 1. The fraction of sp³-hybridized carbons (Fsp3) is 0.588. The van der Waals surface area contributed by atoms with Crippen LogP contribution in [0.15, 0.2) is 35.3 Å². The SMILES string of the molecule is CCN1CCCC1CNC(=NC)NCCOc1ccccc1. The van der Waals surface area contributed by atoms with Crippen LogP contribution in [0.1, 0.15) is 19.8 Å². The summed E-state index contributed by atoms with van der Waals surface area (Å²) >= 11 is 0. The second-order valence-electron chi connectivity index (χ2n) is 5.47. The van der Waals surface area contributed by atoms with E-state index < -0.39 is 0 Å². The van der Waals surface area contributed by atoms with E-state index >= 15 is 0 Å². The molecule has 0 spiro atoms. The predicted molar refractivity (Wildman–Crippen MR) is 91.6 cm³/mol. The van der Waals surface area contributed by atoms with Crippen LogP contribution < -0.4 is 15.4 Å². The fourth-order valence-corrected chi connectivity index (χ4v) is 2.83. The Morgan fingerprint density at radius 3 is 2.86 bits per heavy atom. The zero-order valence-corrected chi connectivity index (χ0v) is 13.7. The minimum Gasteiger partial charge on any atom is -0.492 e. The van der Waals surface area contributed by atoms with Gasteiger partial charge in [-0.2, -0.15) is 0 Å². The molecule has 0 bridgehead atoms. The van der Waals surface area contributed by atoms with Crippen molar-refractivity contribution in [3.63, 3.8) is 0 Å². The van der Waals surface area contributed by atoms with Crippen molar-refractivity contribution in [1.82, 2.24) is 15.5 Å². The summed E-state index contributed by atoms with van der Waals surface area (Å²) in [5, 5.41) is 6.71. The van der Waals surface area contributed by atoms with Gasteiger partial charge in [-0.1, -0.05) is 25.1 Å². The summed E-state index contributed by atoms with van der Waals surface area (Å²) < 4.78 is 5.66. The number of hydrogen-bond donors (Lipinski definition) is 2. The van der Waals surface area contributed by atoms with Crippen molar-refractivity contribution in [3.8, 4) is 5.75 Å². The minimum atomic E-state index is 0.620. The molecule has 1 aromatic carbocycles. The number of nitrogens with zero attached hydrogens (tertiary/aromatic N) is 2. The van der Waals surface area contributed by atoms with E-state index in [9.17, 15) is 0 Å². The van der Waals surface area contributed by atoms with Crippen LogP contribution in [0.5, 0.6) is 5.75 Å². The van der Waals surface area contributed by atoms with Gasteiger partial charge in [0.15, 0.2) is 5.96 Å². The largest absolute Gasteiger partial charge is 0.492 e. The molecule has 0 aliphatic carbocycles. The third-order valence-corrected chi connectivity index (χ3v) is 4.04. The first kappa shape index (κ1) is 16.6. The molecule has 0 saturated carbocycles. The second kappa shape index (κ2) is 9.30. The van der Waals surface area contributed by atoms with Crippen LogP contribution in [-0.2, 0) is 0 Å². The fourth-order valence-electron chi connectivity index (χ4n) is 2.83. The van der Waals surface area contributed by atoms with E-state index in [0.29, 0.717) is 12.6 Å². The molecule has 1 fully saturated rings. The van der Waals surface area contributed by atoms with Gasteiger partial charge < -0.3 is 15.4 Å². The van der Waals surface area contributed by atoms with Gasteiger partial charge >= 0.3 is 0 Å². The molecule has 1 unspecified atom stereocenters. The molecule has 5 heteroatoms. The normalized spacial score (nSPS) is 19.2. The van der Waals surface area contributed by atoms with E-state index in [2.05, 4.69) is 27.4 Å². The highest BCUT2D eigenvalue weighted by Gasteiger charge is 2.22. The molecule has 1 heterocycles. The molecular formula is C17H28N4O. The van der Waals surface area contributed by atoms with E-state index in [1.165, 1.54) is 19.4 Å². The Hall–Kier alpha value is -1.75. The van der Waals surface area contributed by atoms with E-state index in [0.717, 1.165) is 31.3 Å². The van der Waals surface area contributed by atoms with Gasteiger partial charge in [0.05, 0.1) is 6.54 Å².